The molecule has 3 heterocycles. The van der Waals surface area contributed by atoms with Gasteiger partial charge < -0.3 is 26.2 Å². The molecule has 0 bridgehead atoms. The number of nitrogens with one attached hydrogen (secondary N) is 2. The van der Waals surface area contributed by atoms with E-state index >= 15 is 0 Å². The van der Waals surface area contributed by atoms with E-state index < -0.39 is 0 Å². The Morgan fingerprint density at radius 3 is 2.00 bits per heavy atom. The zero-order valence-corrected chi connectivity index (χ0v) is 18.8. The van der Waals surface area contributed by atoms with Crippen LogP contribution < -0.4 is 16.2 Å². The molecule has 0 radical (unpaired) electrons. The van der Waals surface area contributed by atoms with E-state index in [1.807, 2.05) is 36.4 Å². The van der Waals surface area contributed by atoms with E-state index in [1.54, 1.807) is 4.68 Å². The lowest BCUT2D eigenvalue weighted by molar-refractivity contribution is 0.305. The molecule has 166 valence electrons. The number of nitrogens with zero attached hydrogens (tertiary/aromatic N) is 3. The third-order valence-electron chi connectivity index (χ3n) is 5.82. The molecule has 6 rings (SSSR count). The Morgan fingerprint density at radius 2 is 1.45 bits per heavy atom. The fourth-order valence-electron chi connectivity index (χ4n) is 4.37. The second-order valence-electron chi connectivity index (χ2n) is 7.93. The maximum atomic E-state index is 6.36. The Bertz CT molecular complexity index is 1590. The largest absolute Gasteiger partial charge is 0.489 e. The summed E-state index contributed by atoms with van der Waals surface area (Å²) in [5.74, 6) is 1.19. The monoisotopic (exact) mass is 479 g/mol. The number of hydrogen-bond donors (Lipinski definition) is 4. The second kappa shape index (κ2) is 7.47. The van der Waals surface area contributed by atoms with E-state index in [0.29, 0.717) is 29.6 Å². The molecule has 6 aromatic rings. The number of hydrogen-bond acceptors (Lipinski definition) is 5. The lowest BCUT2D eigenvalue weighted by atomic mass is 10.1. The van der Waals surface area contributed by atoms with Crippen molar-refractivity contribution in [2.45, 2.75) is 13.0 Å². The first-order chi connectivity index (χ1) is 16.0. The summed E-state index contributed by atoms with van der Waals surface area (Å²) in [6, 6.07) is 13.8. The summed E-state index contributed by atoms with van der Waals surface area (Å²) in [5.41, 5.74) is 15.2. The second-order valence-corrected chi connectivity index (χ2v) is 8.81. The maximum Gasteiger partial charge on any atom is 0.241 e. The highest BCUT2D eigenvalue weighted by Gasteiger charge is 2.18. The van der Waals surface area contributed by atoms with Gasteiger partial charge in [0.1, 0.15) is 0 Å². The number of aromatic nitrogens is 5. The van der Waals surface area contributed by atoms with Gasteiger partial charge in [0.05, 0.1) is 17.6 Å². The molecule has 0 spiro atoms. The van der Waals surface area contributed by atoms with Gasteiger partial charge in [-0.05, 0) is 42.5 Å². The predicted molar refractivity (Wildman–Crippen MR) is 134 cm³/mol. The molecule has 0 amide bonds. The minimum Gasteiger partial charge on any atom is -0.489 e. The summed E-state index contributed by atoms with van der Waals surface area (Å²) in [5, 5.41) is 9.58. The number of rotatable bonds is 5. The third-order valence-corrected chi connectivity index (χ3v) is 6.29. The van der Waals surface area contributed by atoms with Crippen LogP contribution in [-0.4, -0.2) is 31.3 Å². The average molecular weight is 480 g/mol. The lowest BCUT2D eigenvalue weighted by Gasteiger charge is -2.10. The quantitative estimate of drug-likeness (QED) is 0.243. The normalized spacial score (nSPS) is 11.9. The molecule has 6 N–H and O–H groups in total. The molecule has 0 aliphatic carbocycles. The highest BCUT2D eigenvalue weighted by atomic mass is 35.5. The number of aryl methyl sites for hydroxylation is 1. The van der Waals surface area contributed by atoms with Crippen molar-refractivity contribution in [2.75, 3.05) is 18.1 Å². The fraction of sp³-hybridized carbons (Fsp3) is 0.130. The number of nitrogens with two attached hydrogens (primary N) is 2. The molecular weight excluding hydrogens is 461 g/mol. The van der Waals surface area contributed by atoms with E-state index in [-0.39, 0.29) is 11.9 Å². The topological polar surface area (TPSA) is 124 Å². The molecule has 0 unspecified atom stereocenters. The molecule has 3 aromatic carbocycles. The predicted octanol–water partition coefficient (Wildman–Crippen LogP) is 5.49. The average Bonchev–Trinajstić information content (AvgIpc) is 3.43. The van der Waals surface area contributed by atoms with Crippen molar-refractivity contribution in [2.24, 2.45) is 0 Å². The summed E-state index contributed by atoms with van der Waals surface area (Å²) >= 11 is 12.6. The van der Waals surface area contributed by atoms with E-state index in [0.717, 1.165) is 49.4 Å². The van der Waals surface area contributed by atoms with Gasteiger partial charge in [-0.3, -0.25) is 0 Å². The smallest absolute Gasteiger partial charge is 0.241 e. The number of fused-ring (bicyclic) bond motifs is 6. The van der Waals surface area contributed by atoms with Crippen LogP contribution in [0.1, 0.15) is 6.42 Å². The zero-order chi connectivity index (χ0) is 22.7. The maximum absolute atomic E-state index is 6.36. The van der Waals surface area contributed by atoms with Crippen molar-refractivity contribution >= 4 is 78.7 Å². The summed E-state index contributed by atoms with van der Waals surface area (Å²) in [7, 11) is 0. The molecule has 10 heteroatoms. The van der Waals surface area contributed by atoms with Crippen LogP contribution in [0.15, 0.2) is 42.5 Å². The minimum atomic E-state index is 0.161. The molecule has 3 aromatic heterocycles. The molecule has 0 aliphatic rings. The lowest BCUT2D eigenvalue weighted by Crippen LogP contribution is -2.09. The Morgan fingerprint density at radius 1 is 0.848 bits per heavy atom. The van der Waals surface area contributed by atoms with Crippen molar-refractivity contribution in [3.8, 4) is 5.75 Å². The van der Waals surface area contributed by atoms with Gasteiger partial charge >= 0.3 is 0 Å². The van der Waals surface area contributed by atoms with Gasteiger partial charge in [-0.15, -0.1) is 5.10 Å². The Hall–Kier alpha value is -3.62. The minimum absolute atomic E-state index is 0.161. The first-order valence-electron chi connectivity index (χ1n) is 10.4. The standard InChI is InChI=1S/C23H19Cl2N7O/c24-11-2-4-17-13(8-11)15-10-16-14-9-12(25)3-5-18(14)29-20(16)21(19(15)28-17)33-7-1-6-32-23(27)30-22(26)31-32/h2-5,8-10,28-29H,1,6-7H2,(H4,26,27,30,31). The van der Waals surface area contributed by atoms with Gasteiger partial charge in [-0.2, -0.15) is 4.98 Å². The van der Waals surface area contributed by atoms with Crippen molar-refractivity contribution in [3.63, 3.8) is 0 Å². The Kier molecular flexibility index (Phi) is 4.53. The number of ether oxygens (including phenoxy) is 1. The van der Waals surface area contributed by atoms with E-state index in [1.165, 1.54) is 0 Å². The molecule has 0 saturated heterocycles. The van der Waals surface area contributed by atoms with Crippen LogP contribution >= 0.6 is 23.2 Å². The summed E-state index contributed by atoms with van der Waals surface area (Å²) in [4.78, 5) is 10.9. The van der Waals surface area contributed by atoms with Gasteiger partial charge in [0.15, 0.2) is 5.75 Å². The molecule has 0 saturated carbocycles. The van der Waals surface area contributed by atoms with Crippen LogP contribution in [0, 0.1) is 0 Å². The van der Waals surface area contributed by atoms with Crippen LogP contribution in [0.5, 0.6) is 5.75 Å². The van der Waals surface area contributed by atoms with Crippen LogP contribution in [0.25, 0.3) is 43.6 Å². The van der Waals surface area contributed by atoms with E-state index in [9.17, 15) is 0 Å². The number of H-pyrrole nitrogens is 2. The van der Waals surface area contributed by atoms with Crippen LogP contribution in [0.3, 0.4) is 0 Å². The van der Waals surface area contributed by atoms with Gasteiger partial charge in [0, 0.05) is 55.6 Å². The van der Waals surface area contributed by atoms with Crippen LogP contribution in [0.4, 0.5) is 11.9 Å². The summed E-state index contributed by atoms with van der Waals surface area (Å²) in [6.07, 6.45) is 0.670. The Balaban J connectivity index is 1.47. The number of halogens is 2. The van der Waals surface area contributed by atoms with E-state index in [4.69, 9.17) is 39.4 Å². The summed E-state index contributed by atoms with van der Waals surface area (Å²) < 4.78 is 7.93. The van der Waals surface area contributed by atoms with Crippen molar-refractivity contribution in [3.05, 3.63) is 52.5 Å². The first kappa shape index (κ1) is 20.0. The van der Waals surface area contributed by atoms with Crippen molar-refractivity contribution < 1.29 is 4.74 Å². The third kappa shape index (κ3) is 3.30. The number of aromatic amines is 2. The van der Waals surface area contributed by atoms with E-state index in [2.05, 4.69) is 26.1 Å². The van der Waals surface area contributed by atoms with Crippen molar-refractivity contribution in [1.82, 2.24) is 24.7 Å². The number of benzene rings is 3. The van der Waals surface area contributed by atoms with Gasteiger partial charge in [0.2, 0.25) is 11.9 Å². The highest BCUT2D eigenvalue weighted by Crippen LogP contribution is 2.41. The van der Waals surface area contributed by atoms with Gasteiger partial charge in [-0.25, -0.2) is 4.68 Å². The molecule has 0 fully saturated rings. The Labute approximate surface area is 197 Å². The first-order valence-corrected chi connectivity index (χ1v) is 11.2. The van der Waals surface area contributed by atoms with Crippen LogP contribution in [-0.2, 0) is 6.54 Å². The molecule has 0 aliphatic heterocycles. The summed E-state index contributed by atoms with van der Waals surface area (Å²) in [6.45, 7) is 0.986. The fourth-order valence-corrected chi connectivity index (χ4v) is 4.71. The molecule has 0 atom stereocenters. The molecular formula is C23H19Cl2N7O. The number of nitrogen functional groups attached to an aromatic ring is 2. The van der Waals surface area contributed by atoms with Crippen molar-refractivity contribution in [1.29, 1.82) is 0 Å². The van der Waals surface area contributed by atoms with Gasteiger partial charge in [-0.1, -0.05) is 23.2 Å². The highest BCUT2D eigenvalue weighted by molar-refractivity contribution is 6.33. The van der Waals surface area contributed by atoms with Crippen LogP contribution in [0.2, 0.25) is 10.0 Å². The molecule has 8 nitrogen and oxygen atoms in total. The number of anilines is 2. The zero-order valence-electron chi connectivity index (χ0n) is 17.3. The van der Waals surface area contributed by atoms with Gasteiger partial charge in [0.25, 0.3) is 0 Å². The SMILES string of the molecule is Nc1nc(N)n(CCCOc2c3[nH]c4ccc(Cl)cc4c3cc3c2[nH]c2ccc(Cl)cc23)n1. The molecule has 33 heavy (non-hydrogen) atoms.